The SMILES string of the molecule is CN(C1CCN1C1=CC(=O)c2nc(-c3cccc(Br)c3)sc2C1=O)C1CCN1C1=CC(=O)c2nc(-c3cccc(Br)c3)sc2C1=O. The number of likely N-dealkylation sites (tertiary alicyclic amines) is 2. The number of fused-ring (bicyclic) bond motifs is 2. The number of nitrogens with zero attached hydrogens (tertiary/aromatic N) is 5. The molecule has 230 valence electrons. The molecule has 46 heavy (non-hydrogen) atoms. The van der Waals surface area contributed by atoms with E-state index < -0.39 is 0 Å². The van der Waals surface area contributed by atoms with E-state index in [1.165, 1.54) is 34.8 Å². The minimum Gasteiger partial charge on any atom is -0.352 e. The Kier molecular flexibility index (Phi) is 7.29. The number of halogens is 2. The van der Waals surface area contributed by atoms with Crippen LogP contribution in [0.5, 0.6) is 0 Å². The van der Waals surface area contributed by atoms with Crippen LogP contribution in [0, 0.1) is 0 Å². The van der Waals surface area contributed by atoms with Gasteiger partial charge in [0.1, 0.15) is 31.2 Å². The first-order valence-corrected chi connectivity index (χ1v) is 17.8. The van der Waals surface area contributed by atoms with Crippen molar-refractivity contribution >= 4 is 77.7 Å². The zero-order valence-corrected chi connectivity index (χ0v) is 29.0. The molecule has 9 nitrogen and oxygen atoms in total. The molecule has 2 aromatic heterocycles. The van der Waals surface area contributed by atoms with Crippen molar-refractivity contribution in [2.75, 3.05) is 20.1 Å². The van der Waals surface area contributed by atoms with E-state index in [4.69, 9.17) is 0 Å². The van der Waals surface area contributed by atoms with Gasteiger partial charge in [-0.2, -0.15) is 0 Å². The number of ketones is 4. The summed E-state index contributed by atoms with van der Waals surface area (Å²) in [6.45, 7) is 1.25. The molecule has 4 aliphatic rings. The van der Waals surface area contributed by atoms with Crippen LogP contribution < -0.4 is 0 Å². The number of carbonyl (C=O) groups excluding carboxylic acids is 4. The van der Waals surface area contributed by atoms with Crippen molar-refractivity contribution in [1.82, 2.24) is 24.7 Å². The molecule has 4 aromatic rings. The van der Waals surface area contributed by atoms with E-state index in [1.54, 1.807) is 0 Å². The van der Waals surface area contributed by atoms with Crippen LogP contribution in [-0.2, 0) is 0 Å². The molecule has 8 rings (SSSR count). The van der Waals surface area contributed by atoms with E-state index in [2.05, 4.69) is 46.7 Å². The molecule has 13 heteroatoms. The predicted octanol–water partition coefficient (Wildman–Crippen LogP) is 6.68. The maximum Gasteiger partial charge on any atom is 0.221 e. The van der Waals surface area contributed by atoms with Gasteiger partial charge in [0.25, 0.3) is 0 Å². The second-order valence-electron chi connectivity index (χ2n) is 11.5. The van der Waals surface area contributed by atoms with Crippen molar-refractivity contribution in [3.8, 4) is 21.1 Å². The van der Waals surface area contributed by atoms with Crippen LogP contribution >= 0.6 is 54.5 Å². The molecule has 2 unspecified atom stereocenters. The molecule has 0 N–H and O–H groups in total. The average Bonchev–Trinajstić information content (AvgIpc) is 3.64. The van der Waals surface area contributed by atoms with Gasteiger partial charge in [-0.15, -0.1) is 22.7 Å². The molecular formula is C33H23Br2N5O4S2. The summed E-state index contributed by atoms with van der Waals surface area (Å²) in [5.41, 5.74) is 2.80. The van der Waals surface area contributed by atoms with Crippen LogP contribution in [0.1, 0.15) is 53.2 Å². The minimum absolute atomic E-state index is 0.146. The van der Waals surface area contributed by atoms with Gasteiger partial charge in [0, 0.05) is 45.3 Å². The average molecular weight is 778 g/mol. The van der Waals surface area contributed by atoms with E-state index >= 15 is 0 Å². The lowest BCUT2D eigenvalue weighted by atomic mass is 9.96. The lowest BCUT2D eigenvalue weighted by Gasteiger charge is -2.56. The molecule has 2 saturated heterocycles. The first kappa shape index (κ1) is 29.8. The molecule has 2 aliphatic carbocycles. The van der Waals surface area contributed by atoms with Crippen LogP contribution in [0.2, 0.25) is 0 Å². The third-order valence-electron chi connectivity index (χ3n) is 8.81. The Morgan fingerprint density at radius 3 is 1.52 bits per heavy atom. The van der Waals surface area contributed by atoms with Crippen LogP contribution in [-0.4, -0.2) is 80.3 Å². The summed E-state index contributed by atoms with van der Waals surface area (Å²) in [7, 11) is 1.96. The van der Waals surface area contributed by atoms with E-state index in [1.807, 2.05) is 65.4 Å². The summed E-state index contributed by atoms with van der Waals surface area (Å²) in [5.74, 6) is -0.960. The highest BCUT2D eigenvalue weighted by atomic mass is 79.9. The molecule has 2 fully saturated rings. The Morgan fingerprint density at radius 2 is 1.15 bits per heavy atom. The zero-order valence-electron chi connectivity index (χ0n) is 24.2. The smallest absolute Gasteiger partial charge is 0.221 e. The highest BCUT2D eigenvalue weighted by molar-refractivity contribution is 9.10. The lowest BCUT2D eigenvalue weighted by molar-refractivity contribution is -0.0902. The Hall–Kier alpha value is -3.62. The molecule has 0 radical (unpaired) electrons. The Morgan fingerprint density at radius 1 is 0.717 bits per heavy atom. The summed E-state index contributed by atoms with van der Waals surface area (Å²) < 4.78 is 1.78. The van der Waals surface area contributed by atoms with Crippen molar-refractivity contribution in [3.05, 3.63) is 102 Å². The molecule has 0 amide bonds. The maximum absolute atomic E-state index is 13.7. The summed E-state index contributed by atoms with van der Waals surface area (Å²) in [6, 6.07) is 15.2. The Labute approximate surface area is 288 Å². The fraction of sp³-hybridized carbons (Fsp3) is 0.212. The fourth-order valence-electron chi connectivity index (χ4n) is 6.30. The number of thiazole rings is 2. The second-order valence-corrected chi connectivity index (χ2v) is 15.3. The predicted molar refractivity (Wildman–Crippen MR) is 182 cm³/mol. The Bertz CT molecular complexity index is 1940. The van der Waals surface area contributed by atoms with Crippen molar-refractivity contribution in [2.45, 2.75) is 25.2 Å². The summed E-state index contributed by atoms with van der Waals surface area (Å²) >= 11 is 9.42. The van der Waals surface area contributed by atoms with Crippen molar-refractivity contribution in [2.24, 2.45) is 0 Å². The number of hydrogen-bond donors (Lipinski definition) is 0. The number of hydrogen-bond acceptors (Lipinski definition) is 11. The quantitative estimate of drug-likeness (QED) is 0.212. The summed E-state index contributed by atoms with van der Waals surface area (Å²) in [6.07, 6.45) is 4.11. The number of allylic oxidation sites excluding steroid dienone is 4. The molecule has 4 heterocycles. The van der Waals surface area contributed by atoms with Crippen LogP contribution in [0.4, 0.5) is 0 Å². The van der Waals surface area contributed by atoms with Crippen molar-refractivity contribution < 1.29 is 19.2 Å². The van der Waals surface area contributed by atoms with E-state index in [9.17, 15) is 19.2 Å². The number of Topliss-reactive ketones (excluding diaryl/α,β-unsaturated/α-hetero) is 2. The Balaban J connectivity index is 1.00. The van der Waals surface area contributed by atoms with Gasteiger partial charge in [-0.1, -0.05) is 56.1 Å². The van der Waals surface area contributed by atoms with Gasteiger partial charge in [-0.05, 0) is 44.2 Å². The van der Waals surface area contributed by atoms with Crippen LogP contribution in [0.3, 0.4) is 0 Å². The highest BCUT2D eigenvalue weighted by Gasteiger charge is 2.46. The lowest BCUT2D eigenvalue weighted by Crippen LogP contribution is -2.66. The summed E-state index contributed by atoms with van der Waals surface area (Å²) in [5, 5.41) is 1.25. The molecule has 2 aromatic carbocycles. The van der Waals surface area contributed by atoms with E-state index in [0.29, 0.717) is 44.3 Å². The van der Waals surface area contributed by atoms with E-state index in [0.717, 1.165) is 32.9 Å². The fourth-order valence-corrected chi connectivity index (χ4v) is 9.13. The van der Waals surface area contributed by atoms with Crippen LogP contribution in [0.25, 0.3) is 21.1 Å². The third-order valence-corrected chi connectivity index (χ3v) is 12.0. The van der Waals surface area contributed by atoms with Crippen molar-refractivity contribution in [1.29, 1.82) is 0 Å². The van der Waals surface area contributed by atoms with Gasteiger partial charge in [0.05, 0.1) is 23.7 Å². The number of rotatable bonds is 6. The monoisotopic (exact) mass is 775 g/mol. The molecule has 2 atom stereocenters. The third kappa shape index (κ3) is 4.79. The molecular weight excluding hydrogens is 754 g/mol. The number of benzene rings is 2. The highest BCUT2D eigenvalue weighted by Crippen LogP contribution is 2.40. The van der Waals surface area contributed by atoms with Gasteiger partial charge >= 0.3 is 0 Å². The van der Waals surface area contributed by atoms with Gasteiger partial charge in [0.2, 0.25) is 23.1 Å². The molecule has 0 spiro atoms. The molecule has 2 aliphatic heterocycles. The van der Waals surface area contributed by atoms with Crippen molar-refractivity contribution in [3.63, 3.8) is 0 Å². The maximum atomic E-state index is 13.7. The first-order chi connectivity index (χ1) is 22.2. The van der Waals surface area contributed by atoms with Gasteiger partial charge < -0.3 is 9.80 Å². The largest absolute Gasteiger partial charge is 0.352 e. The topological polar surface area (TPSA) is 104 Å². The van der Waals surface area contributed by atoms with Crippen LogP contribution in [0.15, 0.2) is 81.0 Å². The minimum atomic E-state index is -0.278. The summed E-state index contributed by atoms with van der Waals surface area (Å²) in [4.78, 5) is 69.7. The molecule has 0 bridgehead atoms. The van der Waals surface area contributed by atoms with Gasteiger partial charge in [0.15, 0.2) is 0 Å². The number of carbonyl (C=O) groups is 4. The zero-order chi connectivity index (χ0) is 31.9. The van der Waals surface area contributed by atoms with Gasteiger partial charge in [-0.3, -0.25) is 24.1 Å². The van der Waals surface area contributed by atoms with E-state index in [-0.39, 0.29) is 46.9 Å². The first-order valence-electron chi connectivity index (χ1n) is 14.6. The standard InChI is InChI=1S/C33H23Br2N5O4S2/c1-38(24-8-10-39(24)20-14-22(41)26-30(28(20)43)45-32(36-26)16-4-2-6-18(34)12-16)25-9-11-40(25)21-15-23(42)27-31(29(21)44)46-33(37-27)17-5-3-7-19(35)13-17/h2-7,12-15,24-25H,8-11H2,1H3. The normalized spacial score (nSPS) is 20.7. The van der Waals surface area contributed by atoms with Gasteiger partial charge in [-0.25, -0.2) is 9.97 Å². The second kappa shape index (κ2) is 11.3. The molecule has 0 saturated carbocycles. The number of aromatic nitrogens is 2.